The second-order valence-corrected chi connectivity index (χ2v) is 6.20. The number of aromatic nitrogens is 1. The van der Waals surface area contributed by atoms with E-state index in [9.17, 15) is 4.79 Å². The number of fused-ring (bicyclic) bond motifs is 1. The minimum atomic E-state index is -0.132. The van der Waals surface area contributed by atoms with Crippen molar-refractivity contribution in [2.45, 2.75) is 12.3 Å². The van der Waals surface area contributed by atoms with Gasteiger partial charge in [0.1, 0.15) is 0 Å². The first-order valence-corrected chi connectivity index (χ1v) is 8.01. The fourth-order valence-electron chi connectivity index (χ4n) is 3.27. The summed E-state index contributed by atoms with van der Waals surface area (Å²) in [5, 5.41) is 2.77. The van der Waals surface area contributed by atoms with Gasteiger partial charge in [-0.15, -0.1) is 0 Å². The summed E-state index contributed by atoms with van der Waals surface area (Å²) in [5.74, 6) is -0.0157. The van der Waals surface area contributed by atoms with Gasteiger partial charge in [0.2, 0.25) is 5.91 Å². The predicted molar refractivity (Wildman–Crippen MR) is 92.9 cm³/mol. The average molecular weight is 323 g/mol. The van der Waals surface area contributed by atoms with Crippen LogP contribution in [0.25, 0.3) is 10.8 Å². The molecular weight excluding hydrogens is 308 g/mol. The molecule has 1 amide bonds. The molecule has 3 aromatic rings. The van der Waals surface area contributed by atoms with Crippen LogP contribution in [0.1, 0.15) is 17.9 Å². The second-order valence-electron chi connectivity index (χ2n) is 5.77. The molecule has 114 valence electrons. The first kappa shape index (κ1) is 14.2. The van der Waals surface area contributed by atoms with E-state index in [1.54, 1.807) is 6.20 Å². The van der Waals surface area contributed by atoms with Crippen LogP contribution in [0, 0.1) is 0 Å². The van der Waals surface area contributed by atoms with Crippen LogP contribution in [0.2, 0.25) is 5.02 Å². The SMILES string of the molecule is O=C1[C@H](c2cccc(Cl)c2)CCN1c1cncc2ccccc12. The minimum absolute atomic E-state index is 0.116. The van der Waals surface area contributed by atoms with E-state index >= 15 is 0 Å². The molecule has 4 heteroatoms. The Labute approximate surface area is 139 Å². The number of carbonyl (C=O) groups excluding carboxylic acids is 1. The number of amides is 1. The molecule has 0 unspecified atom stereocenters. The van der Waals surface area contributed by atoms with Gasteiger partial charge in [0.05, 0.1) is 17.8 Å². The molecule has 2 aromatic carbocycles. The van der Waals surface area contributed by atoms with Gasteiger partial charge in [0, 0.05) is 28.5 Å². The molecule has 4 rings (SSSR count). The van der Waals surface area contributed by atoms with E-state index in [0.717, 1.165) is 28.4 Å². The largest absolute Gasteiger partial charge is 0.310 e. The van der Waals surface area contributed by atoms with Crippen LogP contribution >= 0.6 is 11.6 Å². The molecule has 1 saturated heterocycles. The lowest BCUT2D eigenvalue weighted by Gasteiger charge is -2.18. The number of hydrogen-bond donors (Lipinski definition) is 0. The first-order valence-electron chi connectivity index (χ1n) is 7.63. The number of pyridine rings is 1. The topological polar surface area (TPSA) is 33.2 Å². The zero-order valence-corrected chi connectivity index (χ0v) is 13.2. The number of hydrogen-bond acceptors (Lipinski definition) is 2. The number of rotatable bonds is 2. The predicted octanol–water partition coefficient (Wildman–Crippen LogP) is 4.41. The van der Waals surface area contributed by atoms with Crippen LogP contribution in [-0.4, -0.2) is 17.4 Å². The summed E-state index contributed by atoms with van der Waals surface area (Å²) in [4.78, 5) is 19.1. The Balaban J connectivity index is 1.72. The Kier molecular flexibility index (Phi) is 3.50. The monoisotopic (exact) mass is 322 g/mol. The van der Waals surface area contributed by atoms with Crippen molar-refractivity contribution < 1.29 is 4.79 Å². The van der Waals surface area contributed by atoms with Crippen LogP contribution < -0.4 is 4.90 Å². The van der Waals surface area contributed by atoms with Crippen LogP contribution in [0.4, 0.5) is 5.69 Å². The number of anilines is 1. The van der Waals surface area contributed by atoms with E-state index in [-0.39, 0.29) is 11.8 Å². The van der Waals surface area contributed by atoms with Crippen molar-refractivity contribution in [2.75, 3.05) is 11.4 Å². The molecule has 2 heterocycles. The van der Waals surface area contributed by atoms with Crippen LogP contribution in [0.5, 0.6) is 0 Å². The molecule has 0 N–H and O–H groups in total. The van der Waals surface area contributed by atoms with Crippen molar-refractivity contribution in [2.24, 2.45) is 0 Å². The molecule has 0 spiro atoms. The van der Waals surface area contributed by atoms with Crippen molar-refractivity contribution in [1.82, 2.24) is 4.98 Å². The molecule has 0 saturated carbocycles. The maximum atomic E-state index is 12.9. The minimum Gasteiger partial charge on any atom is -0.310 e. The third kappa shape index (κ3) is 2.47. The number of halogens is 1. The molecule has 0 aliphatic carbocycles. The molecule has 1 aliphatic rings. The van der Waals surface area contributed by atoms with E-state index in [0.29, 0.717) is 11.6 Å². The van der Waals surface area contributed by atoms with E-state index in [2.05, 4.69) is 4.98 Å². The molecular formula is C19H15ClN2O. The third-order valence-corrected chi connectivity index (χ3v) is 4.63. The molecule has 23 heavy (non-hydrogen) atoms. The average Bonchev–Trinajstić information content (AvgIpc) is 2.96. The molecule has 0 bridgehead atoms. The van der Waals surface area contributed by atoms with Gasteiger partial charge in [-0.2, -0.15) is 0 Å². The maximum absolute atomic E-state index is 12.9. The Morgan fingerprint density at radius 1 is 1.09 bits per heavy atom. The standard InChI is InChI=1S/C19H15ClN2O/c20-15-6-3-5-13(10-15)17-8-9-22(19(17)23)18-12-21-11-14-4-1-2-7-16(14)18/h1-7,10-12,17H,8-9H2/t17-/m0/s1. The summed E-state index contributed by atoms with van der Waals surface area (Å²) < 4.78 is 0. The van der Waals surface area contributed by atoms with Crippen molar-refractivity contribution in [1.29, 1.82) is 0 Å². The zero-order valence-electron chi connectivity index (χ0n) is 12.4. The van der Waals surface area contributed by atoms with Gasteiger partial charge in [-0.25, -0.2) is 0 Å². The highest BCUT2D eigenvalue weighted by molar-refractivity contribution is 6.30. The van der Waals surface area contributed by atoms with Crippen molar-refractivity contribution in [3.8, 4) is 0 Å². The summed E-state index contributed by atoms with van der Waals surface area (Å²) in [6, 6.07) is 15.6. The van der Waals surface area contributed by atoms with Crippen LogP contribution in [0.15, 0.2) is 60.9 Å². The third-order valence-electron chi connectivity index (χ3n) is 4.39. The van der Waals surface area contributed by atoms with Crippen molar-refractivity contribution in [3.05, 3.63) is 71.5 Å². The molecule has 1 atom stereocenters. The lowest BCUT2D eigenvalue weighted by atomic mass is 9.98. The van der Waals surface area contributed by atoms with Crippen LogP contribution in [0.3, 0.4) is 0 Å². The fourth-order valence-corrected chi connectivity index (χ4v) is 3.47. The van der Waals surface area contributed by atoms with Gasteiger partial charge in [-0.3, -0.25) is 9.78 Å². The summed E-state index contributed by atoms with van der Waals surface area (Å²) in [6.45, 7) is 0.700. The van der Waals surface area contributed by atoms with Gasteiger partial charge in [-0.05, 0) is 24.1 Å². The second kappa shape index (κ2) is 5.67. The van der Waals surface area contributed by atoms with E-state index in [1.807, 2.05) is 59.6 Å². The number of carbonyl (C=O) groups is 1. The highest BCUT2D eigenvalue weighted by Gasteiger charge is 2.34. The highest BCUT2D eigenvalue weighted by Crippen LogP contribution is 2.35. The van der Waals surface area contributed by atoms with Crippen LogP contribution in [-0.2, 0) is 4.79 Å². The molecule has 1 aromatic heterocycles. The molecule has 3 nitrogen and oxygen atoms in total. The number of benzene rings is 2. The maximum Gasteiger partial charge on any atom is 0.234 e. The lowest BCUT2D eigenvalue weighted by Crippen LogP contribution is -2.26. The summed E-state index contributed by atoms with van der Waals surface area (Å²) in [7, 11) is 0. The Hall–Kier alpha value is -2.39. The lowest BCUT2D eigenvalue weighted by molar-refractivity contribution is -0.118. The van der Waals surface area contributed by atoms with Gasteiger partial charge >= 0.3 is 0 Å². The molecule has 1 fully saturated rings. The Morgan fingerprint density at radius 3 is 2.83 bits per heavy atom. The number of nitrogens with zero attached hydrogens (tertiary/aromatic N) is 2. The quantitative estimate of drug-likeness (QED) is 0.700. The zero-order chi connectivity index (χ0) is 15.8. The van der Waals surface area contributed by atoms with Gasteiger partial charge in [0.25, 0.3) is 0 Å². The smallest absolute Gasteiger partial charge is 0.234 e. The van der Waals surface area contributed by atoms with Crippen molar-refractivity contribution in [3.63, 3.8) is 0 Å². The van der Waals surface area contributed by atoms with Gasteiger partial charge in [-0.1, -0.05) is 48.0 Å². The van der Waals surface area contributed by atoms with Gasteiger partial charge in [0.15, 0.2) is 0 Å². The molecule has 1 aliphatic heterocycles. The Morgan fingerprint density at radius 2 is 1.96 bits per heavy atom. The summed E-state index contributed by atoms with van der Waals surface area (Å²) in [5.41, 5.74) is 1.87. The summed E-state index contributed by atoms with van der Waals surface area (Å²) >= 11 is 6.07. The van der Waals surface area contributed by atoms with E-state index < -0.39 is 0 Å². The highest BCUT2D eigenvalue weighted by atomic mass is 35.5. The molecule has 0 radical (unpaired) electrons. The Bertz CT molecular complexity index is 888. The van der Waals surface area contributed by atoms with E-state index in [1.165, 1.54) is 0 Å². The van der Waals surface area contributed by atoms with Gasteiger partial charge < -0.3 is 4.90 Å². The fraction of sp³-hybridized carbons (Fsp3) is 0.158. The first-order chi connectivity index (χ1) is 11.2. The normalized spacial score (nSPS) is 17.9. The van der Waals surface area contributed by atoms with E-state index in [4.69, 9.17) is 11.6 Å². The summed E-state index contributed by atoms with van der Waals surface area (Å²) in [6.07, 6.45) is 4.40. The van der Waals surface area contributed by atoms with Crippen molar-refractivity contribution >= 4 is 34.0 Å².